The van der Waals surface area contributed by atoms with Gasteiger partial charge in [-0.1, -0.05) is 19.1 Å². The summed E-state index contributed by atoms with van der Waals surface area (Å²) in [5.74, 6) is 0.672. The van der Waals surface area contributed by atoms with Gasteiger partial charge in [0.25, 0.3) is 0 Å². The number of nitrogens with one attached hydrogen (secondary N) is 1. The van der Waals surface area contributed by atoms with Crippen LogP contribution < -0.4 is 5.32 Å². The molecule has 1 heterocycles. The number of hydrogen-bond donors (Lipinski definition) is 1. The second-order valence-electron chi connectivity index (χ2n) is 4.50. The van der Waals surface area contributed by atoms with Crippen molar-refractivity contribution in [2.75, 3.05) is 12.4 Å². The second-order valence-corrected chi connectivity index (χ2v) is 4.50. The smallest absolute Gasteiger partial charge is 0.227 e. The summed E-state index contributed by atoms with van der Waals surface area (Å²) in [6.45, 7) is 2.15. The van der Waals surface area contributed by atoms with Crippen molar-refractivity contribution in [3.8, 4) is 11.5 Å². The van der Waals surface area contributed by atoms with E-state index < -0.39 is 0 Å². The molecule has 0 aliphatic carbocycles. The number of fused-ring (bicyclic) bond motifs is 1. The Hall–Kier alpha value is -2.29. The lowest BCUT2D eigenvalue weighted by Crippen LogP contribution is -1.86. The highest BCUT2D eigenvalue weighted by molar-refractivity contribution is 5.79. The van der Waals surface area contributed by atoms with Crippen molar-refractivity contribution < 1.29 is 4.42 Å². The summed E-state index contributed by atoms with van der Waals surface area (Å²) in [4.78, 5) is 4.54. The predicted molar refractivity (Wildman–Crippen MR) is 78.4 cm³/mol. The molecule has 1 N–H and O–H groups in total. The fourth-order valence-electron chi connectivity index (χ4n) is 2.09. The van der Waals surface area contributed by atoms with Gasteiger partial charge in [-0.05, 0) is 42.3 Å². The summed E-state index contributed by atoms with van der Waals surface area (Å²) in [6, 6.07) is 14.3. The van der Waals surface area contributed by atoms with E-state index >= 15 is 0 Å². The maximum Gasteiger partial charge on any atom is 0.227 e. The van der Waals surface area contributed by atoms with Crippen LogP contribution in [0.2, 0.25) is 0 Å². The number of rotatable bonds is 3. The van der Waals surface area contributed by atoms with Gasteiger partial charge in [-0.3, -0.25) is 0 Å². The molecule has 0 atom stereocenters. The molecule has 3 aromatic rings. The zero-order valence-electron chi connectivity index (χ0n) is 11.1. The fourth-order valence-corrected chi connectivity index (χ4v) is 2.09. The van der Waals surface area contributed by atoms with Crippen molar-refractivity contribution >= 4 is 16.8 Å². The van der Waals surface area contributed by atoms with Gasteiger partial charge in [-0.2, -0.15) is 0 Å². The van der Waals surface area contributed by atoms with Gasteiger partial charge in [0.15, 0.2) is 5.58 Å². The lowest BCUT2D eigenvalue weighted by atomic mass is 10.1. The van der Waals surface area contributed by atoms with Crippen molar-refractivity contribution in [1.29, 1.82) is 0 Å². The number of oxazole rings is 1. The lowest BCUT2D eigenvalue weighted by Gasteiger charge is -1.97. The molecule has 0 aliphatic rings. The Balaban J connectivity index is 2.04. The van der Waals surface area contributed by atoms with E-state index in [1.54, 1.807) is 0 Å². The van der Waals surface area contributed by atoms with E-state index in [0.717, 1.165) is 28.8 Å². The molecule has 0 aliphatic heterocycles. The Bertz CT molecular complexity index is 698. The van der Waals surface area contributed by atoms with E-state index in [1.165, 1.54) is 5.56 Å². The van der Waals surface area contributed by atoms with E-state index in [1.807, 2.05) is 25.2 Å². The molecule has 19 heavy (non-hydrogen) atoms. The van der Waals surface area contributed by atoms with Crippen LogP contribution in [0, 0.1) is 0 Å². The highest BCUT2D eigenvalue weighted by Crippen LogP contribution is 2.26. The Kier molecular flexibility index (Phi) is 2.95. The third-order valence-electron chi connectivity index (χ3n) is 3.29. The first-order valence-electron chi connectivity index (χ1n) is 6.48. The van der Waals surface area contributed by atoms with Crippen molar-refractivity contribution in [2.24, 2.45) is 0 Å². The monoisotopic (exact) mass is 252 g/mol. The van der Waals surface area contributed by atoms with Crippen LogP contribution in [0.5, 0.6) is 0 Å². The van der Waals surface area contributed by atoms with Crippen LogP contribution in [-0.2, 0) is 6.42 Å². The molecule has 0 radical (unpaired) electrons. The first-order valence-corrected chi connectivity index (χ1v) is 6.48. The first kappa shape index (κ1) is 11.8. The summed E-state index contributed by atoms with van der Waals surface area (Å²) < 4.78 is 5.79. The average Bonchev–Trinajstić information content (AvgIpc) is 2.90. The molecule has 0 saturated carbocycles. The maximum atomic E-state index is 5.79. The number of anilines is 1. The van der Waals surface area contributed by atoms with Gasteiger partial charge < -0.3 is 9.73 Å². The standard InChI is InChI=1S/C16H16N2O/c1-3-11-4-6-12(7-5-11)16-18-14-10-13(17-2)8-9-15(14)19-16/h4-10,17H,3H2,1-2H3. The molecule has 0 spiro atoms. The van der Waals surface area contributed by atoms with E-state index in [9.17, 15) is 0 Å². The fraction of sp³-hybridized carbons (Fsp3) is 0.188. The molecule has 0 saturated heterocycles. The van der Waals surface area contributed by atoms with Crippen LogP contribution in [0.3, 0.4) is 0 Å². The minimum atomic E-state index is 0.672. The predicted octanol–water partition coefficient (Wildman–Crippen LogP) is 4.10. The normalized spacial score (nSPS) is 10.8. The molecule has 3 heteroatoms. The van der Waals surface area contributed by atoms with Crippen LogP contribution in [-0.4, -0.2) is 12.0 Å². The molecule has 96 valence electrons. The van der Waals surface area contributed by atoms with Gasteiger partial charge in [0.2, 0.25) is 5.89 Å². The van der Waals surface area contributed by atoms with E-state index in [2.05, 4.69) is 41.5 Å². The van der Waals surface area contributed by atoms with Gasteiger partial charge >= 0.3 is 0 Å². The van der Waals surface area contributed by atoms with Crippen molar-refractivity contribution in [3.05, 3.63) is 48.0 Å². The van der Waals surface area contributed by atoms with E-state index in [0.29, 0.717) is 5.89 Å². The van der Waals surface area contributed by atoms with Gasteiger partial charge in [-0.15, -0.1) is 0 Å². The molecule has 2 aromatic carbocycles. The minimum Gasteiger partial charge on any atom is -0.436 e. The molecule has 0 fully saturated rings. The van der Waals surface area contributed by atoms with Crippen molar-refractivity contribution in [3.63, 3.8) is 0 Å². The summed E-state index contributed by atoms with van der Waals surface area (Å²) in [5, 5.41) is 3.10. The average molecular weight is 252 g/mol. The number of benzene rings is 2. The molecule has 0 unspecified atom stereocenters. The Labute approximate surface area is 112 Å². The van der Waals surface area contributed by atoms with Gasteiger partial charge in [-0.25, -0.2) is 4.98 Å². The molecule has 0 amide bonds. The van der Waals surface area contributed by atoms with Crippen LogP contribution in [0.1, 0.15) is 12.5 Å². The van der Waals surface area contributed by atoms with Crippen molar-refractivity contribution in [1.82, 2.24) is 4.98 Å². The Morgan fingerprint density at radius 3 is 2.58 bits per heavy atom. The van der Waals surface area contributed by atoms with Crippen LogP contribution in [0.15, 0.2) is 46.9 Å². The van der Waals surface area contributed by atoms with E-state index in [4.69, 9.17) is 4.42 Å². The molecular weight excluding hydrogens is 236 g/mol. The second kappa shape index (κ2) is 4.76. The zero-order valence-corrected chi connectivity index (χ0v) is 11.1. The number of aromatic nitrogens is 1. The third kappa shape index (κ3) is 2.19. The lowest BCUT2D eigenvalue weighted by molar-refractivity contribution is 0.620. The number of nitrogens with zero attached hydrogens (tertiary/aromatic N) is 1. The quantitative estimate of drug-likeness (QED) is 0.762. The molecule has 3 rings (SSSR count). The summed E-state index contributed by atoms with van der Waals surface area (Å²) in [5.41, 5.74) is 5.06. The highest BCUT2D eigenvalue weighted by Gasteiger charge is 2.08. The zero-order chi connectivity index (χ0) is 13.2. The van der Waals surface area contributed by atoms with Gasteiger partial charge in [0, 0.05) is 18.3 Å². The van der Waals surface area contributed by atoms with Gasteiger partial charge in [0.1, 0.15) is 5.52 Å². The number of aryl methyl sites for hydroxylation is 1. The largest absolute Gasteiger partial charge is 0.436 e. The minimum absolute atomic E-state index is 0.672. The molecule has 3 nitrogen and oxygen atoms in total. The topological polar surface area (TPSA) is 38.1 Å². The SMILES string of the molecule is CCc1ccc(-c2nc3cc(NC)ccc3o2)cc1. The van der Waals surface area contributed by atoms with Crippen LogP contribution >= 0.6 is 0 Å². The first-order chi connectivity index (χ1) is 9.30. The van der Waals surface area contributed by atoms with Crippen LogP contribution in [0.25, 0.3) is 22.6 Å². The maximum absolute atomic E-state index is 5.79. The summed E-state index contributed by atoms with van der Waals surface area (Å²) in [7, 11) is 1.89. The van der Waals surface area contributed by atoms with E-state index in [-0.39, 0.29) is 0 Å². The van der Waals surface area contributed by atoms with Crippen molar-refractivity contribution in [2.45, 2.75) is 13.3 Å². The Morgan fingerprint density at radius 2 is 1.89 bits per heavy atom. The summed E-state index contributed by atoms with van der Waals surface area (Å²) in [6.07, 6.45) is 1.04. The van der Waals surface area contributed by atoms with Gasteiger partial charge in [0.05, 0.1) is 0 Å². The number of hydrogen-bond acceptors (Lipinski definition) is 3. The molecular formula is C16H16N2O. The molecule has 0 bridgehead atoms. The van der Waals surface area contributed by atoms with Crippen LogP contribution in [0.4, 0.5) is 5.69 Å². The molecule has 1 aromatic heterocycles. The summed E-state index contributed by atoms with van der Waals surface area (Å²) >= 11 is 0. The highest BCUT2D eigenvalue weighted by atomic mass is 16.3. The Morgan fingerprint density at radius 1 is 1.11 bits per heavy atom. The third-order valence-corrected chi connectivity index (χ3v) is 3.29.